The Morgan fingerprint density at radius 1 is 1.26 bits per heavy atom. The van der Waals surface area contributed by atoms with Crippen LogP contribution >= 0.6 is 0 Å². The fourth-order valence-electron chi connectivity index (χ4n) is 3.21. The Balaban J connectivity index is 1.47. The lowest BCUT2D eigenvalue weighted by Crippen LogP contribution is -2.43. The summed E-state index contributed by atoms with van der Waals surface area (Å²) in [6.07, 6.45) is 2.80. The second-order valence-corrected chi connectivity index (χ2v) is 5.84. The molecule has 3 atom stereocenters. The van der Waals surface area contributed by atoms with E-state index in [0.29, 0.717) is 18.2 Å². The van der Waals surface area contributed by atoms with Gasteiger partial charge in [0.2, 0.25) is 0 Å². The molecule has 3 nitrogen and oxygen atoms in total. The maximum absolute atomic E-state index is 5.62. The lowest BCUT2D eigenvalue weighted by molar-refractivity contribution is 0.111. The van der Waals surface area contributed by atoms with Crippen molar-refractivity contribution in [3.8, 4) is 0 Å². The van der Waals surface area contributed by atoms with E-state index in [-0.39, 0.29) is 0 Å². The minimum atomic E-state index is 0.378. The molecule has 3 rings (SSSR count). The van der Waals surface area contributed by atoms with Gasteiger partial charge in [-0.15, -0.1) is 0 Å². The van der Waals surface area contributed by atoms with Gasteiger partial charge in [0.25, 0.3) is 0 Å². The fourth-order valence-corrected chi connectivity index (χ4v) is 3.21. The maximum Gasteiger partial charge on any atom is 0.0700 e. The minimum absolute atomic E-state index is 0.378. The monoisotopic (exact) mass is 260 g/mol. The normalized spacial score (nSPS) is 31.9. The second-order valence-electron chi connectivity index (χ2n) is 5.84. The highest BCUT2D eigenvalue weighted by molar-refractivity contribution is 5.14. The van der Waals surface area contributed by atoms with Crippen molar-refractivity contribution >= 4 is 0 Å². The first-order valence-electron chi connectivity index (χ1n) is 7.45. The van der Waals surface area contributed by atoms with Crippen molar-refractivity contribution in [2.24, 2.45) is 0 Å². The van der Waals surface area contributed by atoms with E-state index in [4.69, 9.17) is 4.74 Å². The van der Waals surface area contributed by atoms with Crippen LogP contribution in [0.2, 0.25) is 0 Å². The third kappa shape index (κ3) is 3.35. The smallest absolute Gasteiger partial charge is 0.0700 e. The van der Waals surface area contributed by atoms with Gasteiger partial charge in [-0.05, 0) is 25.3 Å². The first-order chi connectivity index (χ1) is 9.31. The highest BCUT2D eigenvalue weighted by atomic mass is 16.5. The van der Waals surface area contributed by atoms with Crippen molar-refractivity contribution in [3.63, 3.8) is 0 Å². The highest BCUT2D eigenvalue weighted by Crippen LogP contribution is 2.18. The second kappa shape index (κ2) is 6.04. The third-order valence-electron chi connectivity index (χ3n) is 4.35. The van der Waals surface area contributed by atoms with Crippen LogP contribution in [0.5, 0.6) is 0 Å². The molecule has 0 radical (unpaired) electrons. The number of nitrogens with one attached hydrogen (secondary N) is 1. The van der Waals surface area contributed by atoms with Crippen molar-refractivity contribution < 1.29 is 4.74 Å². The summed E-state index contributed by atoms with van der Waals surface area (Å²) in [6.45, 7) is 6.54. The summed E-state index contributed by atoms with van der Waals surface area (Å²) in [5.41, 5.74) is 1.42. The van der Waals surface area contributed by atoms with Gasteiger partial charge >= 0.3 is 0 Å². The predicted octanol–water partition coefficient (Wildman–Crippen LogP) is 2.03. The van der Waals surface area contributed by atoms with Crippen LogP contribution in [-0.4, -0.2) is 42.8 Å². The maximum atomic E-state index is 5.62. The Bertz CT molecular complexity index is 395. The van der Waals surface area contributed by atoms with E-state index in [1.165, 1.54) is 18.5 Å². The van der Waals surface area contributed by atoms with Crippen molar-refractivity contribution in [1.29, 1.82) is 0 Å². The average Bonchev–Trinajstić information content (AvgIpc) is 3.02. The number of nitrogens with zero attached hydrogens (tertiary/aromatic N) is 1. The van der Waals surface area contributed by atoms with Gasteiger partial charge in [0, 0.05) is 38.3 Å². The summed E-state index contributed by atoms with van der Waals surface area (Å²) in [5.74, 6) is 0. The van der Waals surface area contributed by atoms with Crippen molar-refractivity contribution in [2.75, 3.05) is 19.7 Å². The Morgan fingerprint density at radius 3 is 2.84 bits per heavy atom. The number of likely N-dealkylation sites (tertiary alicyclic amines) is 1. The number of benzene rings is 1. The average molecular weight is 260 g/mol. The third-order valence-corrected chi connectivity index (χ3v) is 4.35. The van der Waals surface area contributed by atoms with Crippen molar-refractivity contribution in [1.82, 2.24) is 10.2 Å². The van der Waals surface area contributed by atoms with Gasteiger partial charge in [0.05, 0.1) is 6.10 Å². The molecule has 0 aromatic heterocycles. The van der Waals surface area contributed by atoms with Gasteiger partial charge in [-0.3, -0.25) is 4.90 Å². The first kappa shape index (κ1) is 13.1. The Labute approximate surface area is 115 Å². The number of rotatable bonds is 4. The number of ether oxygens (including phenoxy) is 1. The molecule has 1 aromatic rings. The molecule has 19 heavy (non-hydrogen) atoms. The lowest BCUT2D eigenvalue weighted by atomic mass is 10.1. The summed E-state index contributed by atoms with van der Waals surface area (Å²) in [4.78, 5) is 2.55. The first-order valence-corrected chi connectivity index (χ1v) is 7.45. The van der Waals surface area contributed by atoms with Crippen LogP contribution in [-0.2, 0) is 11.3 Å². The van der Waals surface area contributed by atoms with Crippen LogP contribution in [0.15, 0.2) is 30.3 Å². The standard InChI is InChI=1S/C16H24N2O/c1-13-16(8-10-19-13)17-15-7-9-18(12-15)11-14-5-3-2-4-6-14/h2-6,13,15-17H,7-12H2,1H3. The fraction of sp³-hybridized carbons (Fsp3) is 0.625. The molecule has 0 bridgehead atoms. The summed E-state index contributed by atoms with van der Waals surface area (Å²) in [7, 11) is 0. The summed E-state index contributed by atoms with van der Waals surface area (Å²) >= 11 is 0. The zero-order valence-electron chi connectivity index (χ0n) is 11.7. The molecule has 0 aliphatic carbocycles. The quantitative estimate of drug-likeness (QED) is 0.896. The Hall–Kier alpha value is -0.900. The van der Waals surface area contributed by atoms with Crippen molar-refractivity contribution in [3.05, 3.63) is 35.9 Å². The lowest BCUT2D eigenvalue weighted by Gasteiger charge is -2.22. The van der Waals surface area contributed by atoms with Gasteiger partial charge in [0.1, 0.15) is 0 Å². The van der Waals surface area contributed by atoms with E-state index in [1.807, 2.05) is 0 Å². The molecule has 1 aromatic carbocycles. The molecule has 3 unspecified atom stereocenters. The predicted molar refractivity (Wildman–Crippen MR) is 77.1 cm³/mol. The molecule has 104 valence electrons. The Morgan fingerprint density at radius 2 is 2.11 bits per heavy atom. The molecule has 0 saturated carbocycles. The van der Waals surface area contributed by atoms with Crippen LogP contribution in [0.25, 0.3) is 0 Å². The molecular formula is C16H24N2O. The van der Waals surface area contributed by atoms with Gasteiger partial charge < -0.3 is 10.1 Å². The van der Waals surface area contributed by atoms with Gasteiger partial charge in [-0.1, -0.05) is 30.3 Å². The SMILES string of the molecule is CC1OCCC1NC1CCN(Cc2ccccc2)C1. The molecule has 0 spiro atoms. The summed E-state index contributed by atoms with van der Waals surface area (Å²) in [5, 5.41) is 3.78. The Kier molecular flexibility index (Phi) is 4.16. The van der Waals surface area contributed by atoms with E-state index < -0.39 is 0 Å². The molecule has 0 amide bonds. The van der Waals surface area contributed by atoms with Crippen LogP contribution in [0.4, 0.5) is 0 Å². The minimum Gasteiger partial charge on any atom is -0.377 e. The van der Waals surface area contributed by atoms with Crippen molar-refractivity contribution in [2.45, 2.75) is 44.5 Å². The molecule has 2 aliphatic heterocycles. The van der Waals surface area contributed by atoms with E-state index in [0.717, 1.165) is 26.1 Å². The number of hydrogen-bond donors (Lipinski definition) is 1. The largest absolute Gasteiger partial charge is 0.377 e. The van der Waals surface area contributed by atoms with Crippen LogP contribution in [0, 0.1) is 0 Å². The van der Waals surface area contributed by atoms with E-state index in [2.05, 4.69) is 47.5 Å². The van der Waals surface area contributed by atoms with E-state index >= 15 is 0 Å². The van der Waals surface area contributed by atoms with Gasteiger partial charge in [0.15, 0.2) is 0 Å². The molecule has 3 heteroatoms. The summed E-state index contributed by atoms with van der Waals surface area (Å²) < 4.78 is 5.62. The van der Waals surface area contributed by atoms with Gasteiger partial charge in [-0.25, -0.2) is 0 Å². The zero-order valence-corrected chi connectivity index (χ0v) is 11.7. The topological polar surface area (TPSA) is 24.5 Å². The van der Waals surface area contributed by atoms with Crippen LogP contribution in [0.1, 0.15) is 25.3 Å². The highest BCUT2D eigenvalue weighted by Gasteiger charge is 2.29. The zero-order chi connectivity index (χ0) is 13.1. The van der Waals surface area contributed by atoms with E-state index in [9.17, 15) is 0 Å². The molecule has 2 heterocycles. The number of hydrogen-bond acceptors (Lipinski definition) is 3. The molecular weight excluding hydrogens is 236 g/mol. The molecule has 2 fully saturated rings. The van der Waals surface area contributed by atoms with Crippen LogP contribution < -0.4 is 5.32 Å². The summed E-state index contributed by atoms with van der Waals surface area (Å²) in [6, 6.07) is 12.0. The molecule has 2 saturated heterocycles. The van der Waals surface area contributed by atoms with Crippen LogP contribution in [0.3, 0.4) is 0 Å². The molecule has 2 aliphatic rings. The molecule has 1 N–H and O–H groups in total. The van der Waals surface area contributed by atoms with Gasteiger partial charge in [-0.2, -0.15) is 0 Å². The van der Waals surface area contributed by atoms with E-state index in [1.54, 1.807) is 0 Å².